The molecule has 3 aliphatic rings. The highest BCUT2D eigenvalue weighted by atomic mass is 16.7. The monoisotopic (exact) mass is 368 g/mol. The van der Waals surface area contributed by atoms with E-state index < -0.39 is 5.41 Å². The van der Waals surface area contributed by atoms with Crippen molar-refractivity contribution in [2.75, 3.05) is 6.79 Å². The lowest BCUT2D eigenvalue weighted by molar-refractivity contribution is -0.140. The van der Waals surface area contributed by atoms with E-state index in [9.17, 15) is 4.79 Å². The molecule has 1 saturated heterocycles. The maximum atomic E-state index is 13.4. The third-order valence-electron chi connectivity index (χ3n) is 6.24. The first kappa shape index (κ1) is 16.7. The van der Waals surface area contributed by atoms with Crippen LogP contribution < -0.4 is 9.47 Å². The van der Waals surface area contributed by atoms with Crippen molar-refractivity contribution in [3.8, 4) is 22.8 Å². The van der Waals surface area contributed by atoms with E-state index in [1.165, 1.54) is 6.42 Å². The molecule has 1 aliphatic carbocycles. The Morgan fingerprint density at radius 1 is 1.11 bits per heavy atom. The van der Waals surface area contributed by atoms with E-state index in [1.54, 1.807) is 0 Å². The van der Waals surface area contributed by atoms with Crippen molar-refractivity contribution < 1.29 is 18.8 Å². The number of rotatable bonds is 3. The van der Waals surface area contributed by atoms with E-state index >= 15 is 0 Å². The van der Waals surface area contributed by atoms with Crippen LogP contribution in [0.3, 0.4) is 0 Å². The van der Waals surface area contributed by atoms with Crippen LogP contribution in [-0.4, -0.2) is 34.8 Å². The molecule has 2 atom stereocenters. The lowest BCUT2D eigenvalue weighted by atomic mass is 9.92. The first-order valence-electron chi connectivity index (χ1n) is 9.78. The van der Waals surface area contributed by atoms with Gasteiger partial charge in [-0.2, -0.15) is 0 Å². The zero-order valence-electron chi connectivity index (χ0n) is 15.7. The standard InChI is InChI=1S/C21H24N2O4/c1-13-4-3-5-14(2)23(13)20(24)21(8-9-21)19-11-17(27-22-19)15-6-7-16-18(10-15)26-12-25-16/h6-7,10-11,13-14H,3-5,8-9,12H2,1-2H3. The Hall–Kier alpha value is -2.50. The molecule has 5 rings (SSSR count). The summed E-state index contributed by atoms with van der Waals surface area (Å²) < 4.78 is 16.4. The molecule has 2 aromatic rings. The van der Waals surface area contributed by atoms with Crippen LogP contribution in [0.4, 0.5) is 0 Å². The average molecular weight is 368 g/mol. The predicted octanol–water partition coefficient (Wildman–Crippen LogP) is 3.89. The van der Waals surface area contributed by atoms with Gasteiger partial charge >= 0.3 is 0 Å². The van der Waals surface area contributed by atoms with Crippen LogP contribution in [0.5, 0.6) is 11.5 Å². The lowest BCUT2D eigenvalue weighted by Gasteiger charge is -2.40. The molecule has 3 heterocycles. The Labute approximate surface area is 158 Å². The molecule has 27 heavy (non-hydrogen) atoms. The van der Waals surface area contributed by atoms with Gasteiger partial charge in [0.1, 0.15) is 0 Å². The second kappa shape index (κ2) is 6.01. The molecule has 142 valence electrons. The van der Waals surface area contributed by atoms with E-state index in [1.807, 2.05) is 24.3 Å². The topological polar surface area (TPSA) is 64.8 Å². The first-order chi connectivity index (χ1) is 13.1. The second-order valence-electron chi connectivity index (χ2n) is 8.07. The molecule has 2 aliphatic heterocycles. The molecule has 0 N–H and O–H groups in total. The normalized spacial score (nSPS) is 25.5. The van der Waals surface area contributed by atoms with E-state index in [0.29, 0.717) is 23.6 Å². The van der Waals surface area contributed by atoms with Crippen molar-refractivity contribution in [3.05, 3.63) is 30.0 Å². The molecule has 6 heteroatoms. The zero-order valence-corrected chi connectivity index (χ0v) is 15.7. The summed E-state index contributed by atoms with van der Waals surface area (Å²) >= 11 is 0. The van der Waals surface area contributed by atoms with Crippen molar-refractivity contribution >= 4 is 5.91 Å². The van der Waals surface area contributed by atoms with Crippen molar-refractivity contribution in [1.82, 2.24) is 10.1 Å². The zero-order chi connectivity index (χ0) is 18.6. The molecule has 2 fully saturated rings. The molecule has 0 spiro atoms. The molecule has 0 radical (unpaired) electrons. The molecule has 6 nitrogen and oxygen atoms in total. The Bertz CT molecular complexity index is 876. The number of amides is 1. The van der Waals surface area contributed by atoms with Crippen LogP contribution in [0.1, 0.15) is 51.6 Å². The van der Waals surface area contributed by atoms with Gasteiger partial charge in [0.15, 0.2) is 17.3 Å². The van der Waals surface area contributed by atoms with Crippen molar-refractivity contribution in [2.24, 2.45) is 0 Å². The largest absolute Gasteiger partial charge is 0.454 e. The predicted molar refractivity (Wildman–Crippen MR) is 98.6 cm³/mol. The molecule has 1 amide bonds. The highest BCUT2D eigenvalue weighted by Crippen LogP contribution is 2.51. The van der Waals surface area contributed by atoms with Crippen molar-refractivity contribution in [2.45, 2.75) is 63.5 Å². The van der Waals surface area contributed by atoms with Gasteiger partial charge in [0.25, 0.3) is 0 Å². The van der Waals surface area contributed by atoms with Crippen LogP contribution in [0.25, 0.3) is 11.3 Å². The third kappa shape index (κ3) is 2.61. The number of hydrogen-bond donors (Lipinski definition) is 0. The number of likely N-dealkylation sites (tertiary alicyclic amines) is 1. The summed E-state index contributed by atoms with van der Waals surface area (Å²) in [6.07, 6.45) is 5.03. The molecule has 1 saturated carbocycles. The summed E-state index contributed by atoms with van der Waals surface area (Å²) in [6, 6.07) is 8.19. The van der Waals surface area contributed by atoms with Gasteiger partial charge in [0, 0.05) is 23.7 Å². The summed E-state index contributed by atoms with van der Waals surface area (Å²) in [5, 5.41) is 4.29. The Morgan fingerprint density at radius 3 is 2.59 bits per heavy atom. The molecule has 2 unspecified atom stereocenters. The SMILES string of the molecule is CC1CCCC(C)N1C(=O)C1(c2cc(-c3ccc4c(c3)OCO4)on2)CC1. The number of ether oxygens (including phenoxy) is 2. The van der Waals surface area contributed by atoms with Crippen LogP contribution in [0.2, 0.25) is 0 Å². The smallest absolute Gasteiger partial charge is 0.235 e. The van der Waals surface area contributed by atoms with Gasteiger partial charge in [0.05, 0.1) is 11.1 Å². The fourth-order valence-electron chi connectivity index (χ4n) is 4.46. The minimum absolute atomic E-state index is 0.215. The number of nitrogens with zero attached hydrogens (tertiary/aromatic N) is 2. The number of carbonyl (C=O) groups excluding carboxylic acids is 1. The van der Waals surface area contributed by atoms with Crippen LogP contribution in [0.15, 0.2) is 28.8 Å². The lowest BCUT2D eigenvalue weighted by Crippen LogP contribution is -2.51. The number of aromatic nitrogens is 1. The second-order valence-corrected chi connectivity index (χ2v) is 8.07. The van der Waals surface area contributed by atoms with Crippen LogP contribution >= 0.6 is 0 Å². The van der Waals surface area contributed by atoms with E-state index in [4.69, 9.17) is 14.0 Å². The molecule has 1 aromatic heterocycles. The fraction of sp³-hybridized carbons (Fsp3) is 0.524. The van der Waals surface area contributed by atoms with E-state index in [0.717, 1.165) is 42.7 Å². The minimum atomic E-state index is -0.502. The molecule has 0 bridgehead atoms. The summed E-state index contributed by atoms with van der Waals surface area (Å²) in [6.45, 7) is 4.55. The van der Waals surface area contributed by atoms with Crippen LogP contribution in [-0.2, 0) is 10.2 Å². The van der Waals surface area contributed by atoms with Crippen molar-refractivity contribution in [3.63, 3.8) is 0 Å². The van der Waals surface area contributed by atoms with Gasteiger partial charge in [-0.05, 0) is 64.2 Å². The minimum Gasteiger partial charge on any atom is -0.454 e. The number of hydrogen-bond acceptors (Lipinski definition) is 5. The van der Waals surface area contributed by atoms with Gasteiger partial charge < -0.3 is 18.9 Å². The van der Waals surface area contributed by atoms with Gasteiger partial charge in [-0.15, -0.1) is 0 Å². The summed E-state index contributed by atoms with van der Waals surface area (Å²) in [4.78, 5) is 15.5. The molecular weight excluding hydrogens is 344 g/mol. The van der Waals surface area contributed by atoms with Gasteiger partial charge in [-0.3, -0.25) is 4.79 Å². The number of carbonyl (C=O) groups is 1. The summed E-state index contributed by atoms with van der Waals surface area (Å²) in [5.74, 6) is 2.31. The Balaban J connectivity index is 1.43. The van der Waals surface area contributed by atoms with Crippen molar-refractivity contribution in [1.29, 1.82) is 0 Å². The van der Waals surface area contributed by atoms with E-state index in [-0.39, 0.29) is 12.7 Å². The molecule has 1 aromatic carbocycles. The summed E-state index contributed by atoms with van der Waals surface area (Å²) in [7, 11) is 0. The fourth-order valence-corrected chi connectivity index (χ4v) is 4.46. The highest BCUT2D eigenvalue weighted by Gasteiger charge is 2.56. The average Bonchev–Trinajstić information content (AvgIpc) is 3.10. The first-order valence-corrected chi connectivity index (χ1v) is 9.78. The maximum absolute atomic E-state index is 13.4. The Morgan fingerprint density at radius 2 is 1.85 bits per heavy atom. The van der Waals surface area contributed by atoms with Gasteiger partial charge in [-0.1, -0.05) is 5.16 Å². The number of fused-ring (bicyclic) bond motifs is 1. The van der Waals surface area contributed by atoms with E-state index in [2.05, 4.69) is 23.9 Å². The quantitative estimate of drug-likeness (QED) is 0.822. The van der Waals surface area contributed by atoms with Gasteiger partial charge in [-0.25, -0.2) is 0 Å². The van der Waals surface area contributed by atoms with Crippen LogP contribution in [0, 0.1) is 0 Å². The third-order valence-corrected chi connectivity index (χ3v) is 6.24. The summed E-state index contributed by atoms with van der Waals surface area (Å²) in [5.41, 5.74) is 1.13. The number of benzene rings is 1. The Kier molecular flexibility index (Phi) is 3.71. The number of piperidine rings is 1. The highest BCUT2D eigenvalue weighted by molar-refractivity contribution is 5.91. The molecular formula is C21H24N2O4. The maximum Gasteiger partial charge on any atom is 0.235 e. The van der Waals surface area contributed by atoms with Gasteiger partial charge in [0.2, 0.25) is 12.7 Å².